The Hall–Kier alpha value is -7.84. The summed E-state index contributed by atoms with van der Waals surface area (Å²) in [4.78, 5) is 0. The van der Waals surface area contributed by atoms with Gasteiger partial charge in [0.25, 0.3) is 0 Å². The van der Waals surface area contributed by atoms with E-state index < -0.39 is 23.7 Å². The molecule has 0 saturated heterocycles. The number of phenolic OH excluding ortho intramolecular Hbond substituents is 8. The van der Waals surface area contributed by atoms with Crippen LogP contribution in [0.15, 0.2) is 146 Å². The fourth-order valence-corrected chi connectivity index (χ4v) is 9.44. The number of aromatic hydroxyl groups is 8. The first kappa shape index (κ1) is 41.5. The van der Waals surface area contributed by atoms with Crippen LogP contribution in [0.5, 0.6) is 46.0 Å². The summed E-state index contributed by atoms with van der Waals surface area (Å²) in [5.74, 6) is -5.74. The van der Waals surface area contributed by atoms with Crippen LogP contribution in [-0.2, 0) is 0 Å². The molecule has 0 unspecified atom stereocenters. The molecule has 8 N–H and O–H groups in total. The average Bonchev–Trinajstić information content (AvgIpc) is 3.25. The summed E-state index contributed by atoms with van der Waals surface area (Å²) < 4.78 is 0. The lowest BCUT2D eigenvalue weighted by Crippen LogP contribution is -2.13. The molecule has 8 aromatic carbocycles. The minimum Gasteiger partial charge on any atom is -0.507 e. The minimum atomic E-state index is -0.900. The van der Waals surface area contributed by atoms with Crippen LogP contribution >= 0.6 is 0 Å². The minimum absolute atomic E-state index is 0.268. The standard InChI is InChI=1S/C56H48O8/c1-29-5-13-33(14-6-29)53-37-21-39(47(59)25-45(37)57)54(34-15-7-30(2)8-16-34)41-23-43(51(63)27-49(41)61)56(36-19-11-32(4)12-20-36)44-24-42(50(62)28-52(44)64)55(35-17-9-31(3)10-18-35)40-22-38(53)46(58)26-48(40)60/h5-28,53-64H,1-4H3/t53-,54+,55-,56+. The molecule has 8 nitrogen and oxygen atoms in total. The smallest absolute Gasteiger partial charge is 0.123 e. The summed E-state index contributed by atoms with van der Waals surface area (Å²) in [5, 5.41) is 95.9. The Kier molecular flexibility index (Phi) is 10.5. The van der Waals surface area contributed by atoms with Gasteiger partial charge in [0.1, 0.15) is 46.0 Å². The van der Waals surface area contributed by atoms with Gasteiger partial charge in [-0.2, -0.15) is 0 Å². The number of phenols is 8. The summed E-state index contributed by atoms with van der Waals surface area (Å²) >= 11 is 0. The lowest BCUT2D eigenvalue weighted by atomic mass is 9.75. The Morgan fingerprint density at radius 1 is 0.219 bits per heavy atom. The molecule has 9 rings (SSSR count). The van der Waals surface area contributed by atoms with E-state index in [9.17, 15) is 40.9 Å². The molecule has 8 bridgehead atoms. The fraction of sp³-hybridized carbons (Fsp3) is 0.143. The second-order valence-corrected chi connectivity index (χ2v) is 17.3. The molecule has 1 aliphatic carbocycles. The van der Waals surface area contributed by atoms with E-state index in [0.29, 0.717) is 66.8 Å². The van der Waals surface area contributed by atoms with Gasteiger partial charge >= 0.3 is 0 Å². The van der Waals surface area contributed by atoms with Gasteiger partial charge in [-0.25, -0.2) is 0 Å². The summed E-state index contributed by atoms with van der Waals surface area (Å²) in [6.07, 6.45) is 0. The molecule has 320 valence electrons. The zero-order valence-corrected chi connectivity index (χ0v) is 35.7. The molecule has 0 saturated carbocycles. The summed E-state index contributed by atoms with van der Waals surface area (Å²) in [5.41, 5.74) is 9.09. The van der Waals surface area contributed by atoms with E-state index in [0.717, 1.165) is 22.3 Å². The van der Waals surface area contributed by atoms with E-state index in [1.54, 1.807) is 24.3 Å². The second kappa shape index (κ2) is 16.1. The molecular weight excluding hydrogens is 801 g/mol. The van der Waals surface area contributed by atoms with Gasteiger partial charge in [-0.1, -0.05) is 119 Å². The van der Waals surface area contributed by atoms with Crippen molar-refractivity contribution in [3.05, 3.63) is 235 Å². The Labute approximate surface area is 371 Å². The van der Waals surface area contributed by atoms with Crippen molar-refractivity contribution in [1.29, 1.82) is 0 Å². The molecule has 1 aliphatic rings. The van der Waals surface area contributed by atoms with E-state index in [4.69, 9.17) is 0 Å². The van der Waals surface area contributed by atoms with Gasteiger partial charge in [0.2, 0.25) is 0 Å². The maximum Gasteiger partial charge on any atom is 0.123 e. The van der Waals surface area contributed by atoms with Crippen LogP contribution in [0.3, 0.4) is 0 Å². The van der Waals surface area contributed by atoms with Gasteiger partial charge < -0.3 is 40.9 Å². The predicted octanol–water partition coefficient (Wildman–Crippen LogP) is 11.6. The van der Waals surface area contributed by atoms with Crippen LogP contribution in [0.1, 0.15) is 113 Å². The number of fused-ring (bicyclic) bond motifs is 8. The van der Waals surface area contributed by atoms with Gasteiger partial charge in [-0.3, -0.25) is 0 Å². The molecule has 0 spiro atoms. The maximum absolute atomic E-state index is 12.0. The van der Waals surface area contributed by atoms with Crippen LogP contribution < -0.4 is 0 Å². The van der Waals surface area contributed by atoms with Crippen LogP contribution in [0.4, 0.5) is 0 Å². The SMILES string of the molecule is Cc1ccc([C@H]2c3cc(c(O)cc3O)[C@@H](c3ccc(C)cc3)c3cc(c(O)cc3O)[C@@H](c3ccc(C)cc3)c3cc(c(O)cc3O)[C@@H](c3ccc(C)cc3)c3cc2c(O)cc3O)cc1. The third-order valence-corrected chi connectivity index (χ3v) is 12.8. The highest BCUT2D eigenvalue weighted by Crippen LogP contribution is 2.53. The molecule has 0 radical (unpaired) electrons. The van der Waals surface area contributed by atoms with Crippen LogP contribution in [0, 0.1) is 27.7 Å². The largest absolute Gasteiger partial charge is 0.507 e. The highest BCUT2D eigenvalue weighted by Gasteiger charge is 2.35. The Morgan fingerprint density at radius 3 is 0.500 bits per heavy atom. The maximum atomic E-state index is 12.0. The van der Waals surface area contributed by atoms with Gasteiger partial charge in [0.15, 0.2) is 0 Å². The van der Waals surface area contributed by atoms with Crippen molar-refractivity contribution in [1.82, 2.24) is 0 Å². The molecule has 0 fully saturated rings. The second-order valence-electron chi connectivity index (χ2n) is 17.3. The Bertz CT molecular complexity index is 2540. The molecule has 0 aromatic heterocycles. The highest BCUT2D eigenvalue weighted by atomic mass is 16.3. The van der Waals surface area contributed by atoms with Crippen molar-refractivity contribution in [3.8, 4) is 46.0 Å². The third kappa shape index (κ3) is 7.36. The van der Waals surface area contributed by atoms with E-state index in [-0.39, 0.29) is 46.0 Å². The fourth-order valence-electron chi connectivity index (χ4n) is 9.44. The zero-order chi connectivity index (χ0) is 45.1. The third-order valence-electron chi connectivity index (χ3n) is 12.8. The monoisotopic (exact) mass is 848 g/mol. The van der Waals surface area contributed by atoms with Gasteiger partial charge in [-0.05, 0) is 74.2 Å². The van der Waals surface area contributed by atoms with Crippen LogP contribution in [0.25, 0.3) is 0 Å². The highest BCUT2D eigenvalue weighted by molar-refractivity contribution is 5.67. The normalized spacial score (nSPS) is 16.9. The van der Waals surface area contributed by atoms with Crippen molar-refractivity contribution >= 4 is 0 Å². The summed E-state index contributed by atoms with van der Waals surface area (Å²) in [6.45, 7) is 7.81. The molecule has 64 heavy (non-hydrogen) atoms. The van der Waals surface area contributed by atoms with Crippen molar-refractivity contribution in [2.45, 2.75) is 51.4 Å². The molecular formula is C56H48O8. The van der Waals surface area contributed by atoms with Crippen molar-refractivity contribution in [2.24, 2.45) is 0 Å². The van der Waals surface area contributed by atoms with E-state index in [2.05, 4.69) is 0 Å². The first-order valence-corrected chi connectivity index (χ1v) is 21.2. The van der Waals surface area contributed by atoms with Crippen molar-refractivity contribution < 1.29 is 40.9 Å². The molecule has 0 atom stereocenters. The lowest BCUT2D eigenvalue weighted by Gasteiger charge is -2.29. The lowest BCUT2D eigenvalue weighted by molar-refractivity contribution is 0.431. The van der Waals surface area contributed by atoms with Crippen molar-refractivity contribution in [2.75, 3.05) is 0 Å². The van der Waals surface area contributed by atoms with E-state index in [1.807, 2.05) is 125 Å². The topological polar surface area (TPSA) is 162 Å². The van der Waals surface area contributed by atoms with E-state index in [1.165, 1.54) is 24.3 Å². The van der Waals surface area contributed by atoms with Gasteiger partial charge in [0.05, 0.1) is 0 Å². The Balaban J connectivity index is 1.48. The number of hydrogen-bond acceptors (Lipinski definition) is 8. The molecule has 0 heterocycles. The first-order valence-electron chi connectivity index (χ1n) is 21.2. The number of rotatable bonds is 4. The average molecular weight is 849 g/mol. The summed E-state index contributed by atoms with van der Waals surface area (Å²) in [7, 11) is 0. The quantitative estimate of drug-likeness (QED) is 0.0868. The van der Waals surface area contributed by atoms with Gasteiger partial charge in [0, 0.05) is 92.4 Å². The number of hydrogen-bond donors (Lipinski definition) is 8. The molecule has 0 amide bonds. The molecule has 0 aliphatic heterocycles. The van der Waals surface area contributed by atoms with Crippen LogP contribution in [-0.4, -0.2) is 40.9 Å². The zero-order valence-electron chi connectivity index (χ0n) is 35.7. The van der Waals surface area contributed by atoms with Crippen LogP contribution in [0.2, 0.25) is 0 Å². The summed E-state index contributed by atoms with van der Waals surface area (Å²) in [6, 6.07) is 42.3. The van der Waals surface area contributed by atoms with Crippen molar-refractivity contribution in [3.63, 3.8) is 0 Å². The molecule has 8 heteroatoms. The molecule has 8 aromatic rings. The number of benzene rings is 8. The van der Waals surface area contributed by atoms with Gasteiger partial charge in [-0.15, -0.1) is 0 Å². The first-order chi connectivity index (χ1) is 30.7. The van der Waals surface area contributed by atoms with E-state index >= 15 is 0 Å². The number of aryl methyl sites for hydroxylation is 4. The Morgan fingerprint density at radius 2 is 0.359 bits per heavy atom. The predicted molar refractivity (Wildman–Crippen MR) is 248 cm³/mol.